The highest BCUT2D eigenvalue weighted by Gasteiger charge is 2.25. The number of aryl methyl sites for hydroxylation is 2. The molecule has 4 N–H and O–H groups in total. The lowest BCUT2D eigenvalue weighted by Crippen LogP contribution is -3.14. The Morgan fingerprint density at radius 2 is 1.70 bits per heavy atom. The molecule has 3 amide bonds. The number of halogens is 1. The van der Waals surface area contributed by atoms with Crippen LogP contribution in [0.1, 0.15) is 29.5 Å². The number of amides is 3. The Morgan fingerprint density at radius 3 is 2.37 bits per heavy atom. The summed E-state index contributed by atoms with van der Waals surface area (Å²) >= 11 is 6.12. The molecule has 2 aromatic rings. The average molecular weight is 430 g/mol. The number of carbonyl (C=O) groups is 2. The summed E-state index contributed by atoms with van der Waals surface area (Å²) in [7, 11) is 0. The Balaban J connectivity index is 1.42. The van der Waals surface area contributed by atoms with Crippen LogP contribution in [0.4, 0.5) is 16.2 Å². The van der Waals surface area contributed by atoms with E-state index >= 15 is 0 Å². The Bertz CT molecular complexity index is 903. The topological polar surface area (TPSA) is 74.7 Å². The van der Waals surface area contributed by atoms with Crippen LogP contribution in [0.25, 0.3) is 0 Å². The second-order valence-corrected chi connectivity index (χ2v) is 8.54. The third-order valence-electron chi connectivity index (χ3n) is 5.46. The van der Waals surface area contributed by atoms with Crippen LogP contribution in [-0.2, 0) is 4.79 Å². The van der Waals surface area contributed by atoms with Gasteiger partial charge in [-0.2, -0.15) is 0 Å². The minimum absolute atomic E-state index is 0.0191. The molecule has 0 atom stereocenters. The molecule has 1 aliphatic heterocycles. The van der Waals surface area contributed by atoms with E-state index in [1.165, 1.54) is 4.90 Å². The van der Waals surface area contributed by atoms with Crippen LogP contribution < -0.4 is 20.9 Å². The standard InChI is InChI=1S/C23H29ClN4O2/c1-15-11-16(2)13-19(12-15)26-23(30)25-18-7-9-28(10-8-18)14-22(29)27-21-6-4-5-20(24)17(21)3/h4-6,11-13,18H,7-10,14H2,1-3H3,(H,27,29)(H2,25,26,30)/p+1. The number of piperidine rings is 1. The molecule has 6 nitrogen and oxygen atoms in total. The first-order valence-corrected chi connectivity index (χ1v) is 10.7. The SMILES string of the molecule is Cc1cc(C)cc(NC(=O)NC2CC[NH+](CC(=O)Nc3cccc(Cl)c3C)CC2)c1. The molecule has 0 aromatic heterocycles. The predicted octanol–water partition coefficient (Wildman–Crippen LogP) is 3.07. The van der Waals surface area contributed by atoms with Crippen molar-refractivity contribution in [2.45, 2.75) is 39.7 Å². The lowest BCUT2D eigenvalue weighted by molar-refractivity contribution is -0.897. The summed E-state index contributed by atoms with van der Waals surface area (Å²) in [4.78, 5) is 26.0. The zero-order valence-electron chi connectivity index (χ0n) is 17.8. The van der Waals surface area contributed by atoms with E-state index in [4.69, 9.17) is 11.6 Å². The van der Waals surface area contributed by atoms with E-state index in [1.54, 1.807) is 0 Å². The first-order chi connectivity index (χ1) is 14.3. The molecule has 160 valence electrons. The van der Waals surface area contributed by atoms with E-state index < -0.39 is 0 Å². The van der Waals surface area contributed by atoms with Gasteiger partial charge in [-0.1, -0.05) is 23.7 Å². The van der Waals surface area contributed by atoms with Gasteiger partial charge in [-0.3, -0.25) is 4.79 Å². The van der Waals surface area contributed by atoms with Gasteiger partial charge >= 0.3 is 6.03 Å². The number of benzene rings is 2. The smallest absolute Gasteiger partial charge is 0.319 e. The van der Waals surface area contributed by atoms with Gasteiger partial charge in [0, 0.05) is 35.3 Å². The normalized spacial score (nSPS) is 18.5. The highest BCUT2D eigenvalue weighted by molar-refractivity contribution is 6.31. The maximum Gasteiger partial charge on any atom is 0.319 e. The van der Waals surface area contributed by atoms with Crippen molar-refractivity contribution in [3.63, 3.8) is 0 Å². The summed E-state index contributed by atoms with van der Waals surface area (Å²) in [6, 6.07) is 11.4. The molecule has 0 spiro atoms. The molecule has 0 radical (unpaired) electrons. The van der Waals surface area contributed by atoms with Gasteiger partial charge in [0.25, 0.3) is 5.91 Å². The van der Waals surface area contributed by atoms with Crippen molar-refractivity contribution < 1.29 is 14.5 Å². The summed E-state index contributed by atoms with van der Waals surface area (Å²) < 4.78 is 0. The van der Waals surface area contributed by atoms with Crippen LogP contribution in [0.2, 0.25) is 5.02 Å². The van der Waals surface area contributed by atoms with E-state index in [-0.39, 0.29) is 18.0 Å². The zero-order chi connectivity index (χ0) is 21.7. The van der Waals surface area contributed by atoms with E-state index in [0.717, 1.165) is 54.0 Å². The van der Waals surface area contributed by atoms with E-state index in [1.807, 2.05) is 51.1 Å². The molecule has 0 aliphatic carbocycles. The van der Waals surface area contributed by atoms with Crippen LogP contribution in [-0.4, -0.2) is 37.6 Å². The number of hydrogen-bond donors (Lipinski definition) is 4. The van der Waals surface area contributed by atoms with Crippen molar-refractivity contribution in [2.75, 3.05) is 30.3 Å². The zero-order valence-corrected chi connectivity index (χ0v) is 18.5. The minimum atomic E-state index is -0.178. The Kier molecular flexibility index (Phi) is 7.34. The molecule has 0 saturated carbocycles. The fourth-order valence-electron chi connectivity index (χ4n) is 3.91. The average Bonchev–Trinajstić information content (AvgIpc) is 2.66. The van der Waals surface area contributed by atoms with Gasteiger partial charge in [-0.15, -0.1) is 0 Å². The molecule has 0 bridgehead atoms. The minimum Gasteiger partial charge on any atom is -0.335 e. The molecular formula is C23H30ClN4O2+. The quantitative estimate of drug-likeness (QED) is 0.589. The summed E-state index contributed by atoms with van der Waals surface area (Å²) in [6.07, 6.45) is 1.69. The number of rotatable bonds is 5. The Morgan fingerprint density at radius 1 is 1.03 bits per heavy atom. The molecule has 2 aromatic carbocycles. The molecular weight excluding hydrogens is 400 g/mol. The number of hydrogen-bond acceptors (Lipinski definition) is 2. The monoisotopic (exact) mass is 429 g/mol. The number of likely N-dealkylation sites (tertiary alicyclic amines) is 1. The first kappa shape index (κ1) is 22.1. The summed E-state index contributed by atoms with van der Waals surface area (Å²) in [5, 5.41) is 9.57. The molecule has 1 aliphatic rings. The van der Waals surface area contributed by atoms with Crippen LogP contribution in [0.15, 0.2) is 36.4 Å². The molecule has 0 unspecified atom stereocenters. The van der Waals surface area contributed by atoms with Crippen molar-refractivity contribution in [1.82, 2.24) is 5.32 Å². The molecule has 1 fully saturated rings. The maximum atomic E-state index is 12.4. The second-order valence-electron chi connectivity index (χ2n) is 8.14. The number of nitrogens with one attached hydrogen (secondary N) is 4. The van der Waals surface area contributed by atoms with Crippen molar-refractivity contribution in [3.8, 4) is 0 Å². The predicted molar refractivity (Wildman–Crippen MR) is 121 cm³/mol. The largest absolute Gasteiger partial charge is 0.335 e. The van der Waals surface area contributed by atoms with Crippen molar-refractivity contribution >= 4 is 34.9 Å². The summed E-state index contributed by atoms with van der Waals surface area (Å²) in [5.41, 5.74) is 4.68. The van der Waals surface area contributed by atoms with Crippen molar-refractivity contribution in [3.05, 3.63) is 58.1 Å². The fourth-order valence-corrected chi connectivity index (χ4v) is 4.09. The highest BCUT2D eigenvalue weighted by atomic mass is 35.5. The molecule has 1 saturated heterocycles. The second kappa shape index (κ2) is 9.96. The van der Waals surface area contributed by atoms with E-state index in [2.05, 4.69) is 22.0 Å². The van der Waals surface area contributed by atoms with Crippen LogP contribution >= 0.6 is 11.6 Å². The maximum absolute atomic E-state index is 12.4. The van der Waals surface area contributed by atoms with E-state index in [0.29, 0.717) is 11.6 Å². The molecule has 30 heavy (non-hydrogen) atoms. The number of quaternary nitrogens is 1. The van der Waals surface area contributed by atoms with Gasteiger partial charge < -0.3 is 20.9 Å². The fraction of sp³-hybridized carbons (Fsp3) is 0.391. The van der Waals surface area contributed by atoms with Crippen LogP contribution in [0.5, 0.6) is 0 Å². The first-order valence-electron chi connectivity index (χ1n) is 10.3. The van der Waals surface area contributed by atoms with Gasteiger partial charge in [0.15, 0.2) is 6.54 Å². The Hall–Kier alpha value is -2.57. The number of urea groups is 1. The molecule has 3 rings (SSSR count). The Labute approximate surface area is 183 Å². The van der Waals surface area contributed by atoms with Gasteiger partial charge in [0.2, 0.25) is 0 Å². The number of anilines is 2. The molecule has 1 heterocycles. The lowest BCUT2D eigenvalue weighted by Gasteiger charge is -2.29. The third-order valence-corrected chi connectivity index (χ3v) is 5.87. The van der Waals surface area contributed by atoms with Crippen LogP contribution in [0, 0.1) is 20.8 Å². The lowest BCUT2D eigenvalue weighted by atomic mass is 10.1. The highest BCUT2D eigenvalue weighted by Crippen LogP contribution is 2.22. The number of carbonyl (C=O) groups excluding carboxylic acids is 2. The van der Waals surface area contributed by atoms with Gasteiger partial charge in [-0.05, 0) is 61.7 Å². The van der Waals surface area contributed by atoms with E-state index in [9.17, 15) is 9.59 Å². The summed E-state index contributed by atoms with van der Waals surface area (Å²) in [5.74, 6) is -0.0191. The van der Waals surface area contributed by atoms with Crippen molar-refractivity contribution in [2.24, 2.45) is 0 Å². The molecule has 7 heteroatoms. The van der Waals surface area contributed by atoms with Gasteiger partial charge in [0.05, 0.1) is 13.1 Å². The van der Waals surface area contributed by atoms with Gasteiger partial charge in [0.1, 0.15) is 0 Å². The third kappa shape index (κ3) is 6.21. The van der Waals surface area contributed by atoms with Gasteiger partial charge in [-0.25, -0.2) is 4.79 Å². The van der Waals surface area contributed by atoms with Crippen molar-refractivity contribution in [1.29, 1.82) is 0 Å². The van der Waals surface area contributed by atoms with Crippen LogP contribution in [0.3, 0.4) is 0 Å². The summed E-state index contributed by atoms with van der Waals surface area (Å²) in [6.45, 7) is 8.02.